The lowest BCUT2D eigenvalue weighted by Crippen LogP contribution is -2.28. The van der Waals surface area contributed by atoms with Gasteiger partial charge in [-0.1, -0.05) is 25.1 Å². The average molecular weight is 232 g/mol. The van der Waals surface area contributed by atoms with Crippen LogP contribution >= 0.6 is 0 Å². The molecule has 0 bridgehead atoms. The monoisotopic (exact) mass is 232 g/mol. The second-order valence-corrected chi connectivity index (χ2v) is 5.20. The van der Waals surface area contributed by atoms with Crippen LogP contribution in [0.1, 0.15) is 37.0 Å². The number of hydrogen-bond donors (Lipinski definition) is 1. The minimum atomic E-state index is 0.657. The summed E-state index contributed by atoms with van der Waals surface area (Å²) in [4.78, 5) is 2.43. The highest BCUT2D eigenvalue weighted by atomic mass is 15.1. The van der Waals surface area contributed by atoms with Crippen LogP contribution in [0.25, 0.3) is 0 Å². The predicted octanol–water partition coefficient (Wildman–Crippen LogP) is 2.56. The first kappa shape index (κ1) is 12.6. The Morgan fingerprint density at radius 2 is 2.18 bits per heavy atom. The van der Waals surface area contributed by atoms with Gasteiger partial charge in [0.05, 0.1) is 0 Å². The van der Waals surface area contributed by atoms with Crippen LogP contribution in [0.5, 0.6) is 0 Å². The van der Waals surface area contributed by atoms with Gasteiger partial charge in [0.2, 0.25) is 0 Å². The molecule has 1 unspecified atom stereocenters. The van der Waals surface area contributed by atoms with Crippen molar-refractivity contribution in [3.8, 4) is 0 Å². The molecule has 94 valence electrons. The summed E-state index contributed by atoms with van der Waals surface area (Å²) in [5.41, 5.74) is 4.46. The lowest BCUT2D eigenvalue weighted by molar-refractivity contribution is 0.244. The van der Waals surface area contributed by atoms with E-state index in [1.54, 1.807) is 0 Å². The summed E-state index contributed by atoms with van der Waals surface area (Å²) in [7, 11) is 2.21. The van der Waals surface area contributed by atoms with Gasteiger partial charge in [0, 0.05) is 19.1 Å². The predicted molar refractivity (Wildman–Crippen MR) is 73.1 cm³/mol. The van der Waals surface area contributed by atoms with E-state index >= 15 is 0 Å². The zero-order valence-electron chi connectivity index (χ0n) is 11.3. The molecule has 1 heterocycles. The minimum absolute atomic E-state index is 0.657. The molecule has 2 heteroatoms. The molecule has 2 nitrogen and oxygen atoms in total. The smallest absolute Gasteiger partial charge is 0.0233 e. The van der Waals surface area contributed by atoms with Gasteiger partial charge in [-0.05, 0) is 50.0 Å². The number of rotatable bonds is 4. The fourth-order valence-electron chi connectivity index (χ4n) is 2.39. The van der Waals surface area contributed by atoms with Gasteiger partial charge < -0.3 is 5.32 Å². The van der Waals surface area contributed by atoms with Crippen molar-refractivity contribution in [3.63, 3.8) is 0 Å². The van der Waals surface area contributed by atoms with Gasteiger partial charge in [0.25, 0.3) is 0 Å². The third-order valence-electron chi connectivity index (χ3n) is 3.93. The molecule has 0 spiro atoms. The van der Waals surface area contributed by atoms with E-state index in [1.165, 1.54) is 29.5 Å². The van der Waals surface area contributed by atoms with Gasteiger partial charge in [-0.3, -0.25) is 4.90 Å². The first-order valence-electron chi connectivity index (χ1n) is 6.72. The van der Waals surface area contributed by atoms with Crippen molar-refractivity contribution in [2.24, 2.45) is 0 Å². The van der Waals surface area contributed by atoms with E-state index in [2.05, 4.69) is 49.3 Å². The fourth-order valence-corrected chi connectivity index (χ4v) is 2.39. The lowest BCUT2D eigenvalue weighted by atomic mass is 9.98. The molecule has 0 aliphatic carbocycles. The van der Waals surface area contributed by atoms with E-state index in [1.807, 2.05) is 0 Å². The molecule has 2 rings (SSSR count). The molecule has 17 heavy (non-hydrogen) atoms. The Morgan fingerprint density at radius 1 is 1.35 bits per heavy atom. The van der Waals surface area contributed by atoms with Crippen molar-refractivity contribution in [3.05, 3.63) is 34.9 Å². The van der Waals surface area contributed by atoms with Crippen LogP contribution in [0.4, 0.5) is 0 Å². The molecule has 1 aliphatic rings. The SMILES string of the molecule is CCC(C)N(C)Cc1ccc2c(c1)CNCC2. The maximum Gasteiger partial charge on any atom is 0.0233 e. The molecule has 1 aliphatic heterocycles. The van der Waals surface area contributed by atoms with Crippen molar-refractivity contribution >= 4 is 0 Å². The van der Waals surface area contributed by atoms with E-state index in [9.17, 15) is 0 Å². The Morgan fingerprint density at radius 3 is 2.94 bits per heavy atom. The van der Waals surface area contributed by atoms with Crippen LogP contribution in [0.15, 0.2) is 18.2 Å². The molecule has 0 saturated carbocycles. The molecule has 0 aromatic heterocycles. The van der Waals surface area contributed by atoms with Gasteiger partial charge in [-0.15, -0.1) is 0 Å². The summed E-state index contributed by atoms with van der Waals surface area (Å²) in [5, 5.41) is 3.44. The van der Waals surface area contributed by atoms with E-state index in [0.717, 1.165) is 19.6 Å². The average Bonchev–Trinajstić information content (AvgIpc) is 2.37. The van der Waals surface area contributed by atoms with Crippen LogP contribution in [0.2, 0.25) is 0 Å². The molecule has 0 amide bonds. The summed E-state index contributed by atoms with van der Waals surface area (Å²) in [6.45, 7) is 7.76. The standard InChI is InChI=1S/C15H24N2/c1-4-12(2)17(3)11-13-5-6-14-7-8-16-10-15(14)9-13/h5-6,9,12,16H,4,7-8,10-11H2,1-3H3. The van der Waals surface area contributed by atoms with Gasteiger partial charge in [-0.2, -0.15) is 0 Å². The summed E-state index contributed by atoms with van der Waals surface area (Å²) >= 11 is 0. The Labute approximate surface area is 105 Å². The number of hydrogen-bond acceptors (Lipinski definition) is 2. The Bertz CT molecular complexity index is 373. The summed E-state index contributed by atoms with van der Waals surface area (Å²) in [5.74, 6) is 0. The number of benzene rings is 1. The van der Waals surface area contributed by atoms with E-state index < -0.39 is 0 Å². The van der Waals surface area contributed by atoms with Crippen LogP contribution < -0.4 is 5.32 Å². The molecule has 1 N–H and O–H groups in total. The maximum absolute atomic E-state index is 3.44. The Balaban J connectivity index is 2.06. The normalized spacial score (nSPS) is 16.9. The molecular weight excluding hydrogens is 208 g/mol. The number of nitrogens with zero attached hydrogens (tertiary/aromatic N) is 1. The Kier molecular flexibility index (Phi) is 4.19. The van der Waals surface area contributed by atoms with Crippen molar-refractivity contribution in [2.45, 2.75) is 45.8 Å². The van der Waals surface area contributed by atoms with Gasteiger partial charge in [-0.25, -0.2) is 0 Å². The van der Waals surface area contributed by atoms with Crippen molar-refractivity contribution in [1.82, 2.24) is 10.2 Å². The third-order valence-corrected chi connectivity index (χ3v) is 3.93. The third kappa shape index (κ3) is 3.08. The maximum atomic E-state index is 3.44. The van der Waals surface area contributed by atoms with Crippen molar-refractivity contribution < 1.29 is 0 Å². The van der Waals surface area contributed by atoms with Crippen molar-refractivity contribution in [1.29, 1.82) is 0 Å². The Hall–Kier alpha value is -0.860. The number of fused-ring (bicyclic) bond motifs is 1. The fraction of sp³-hybridized carbons (Fsp3) is 0.600. The quantitative estimate of drug-likeness (QED) is 0.858. The minimum Gasteiger partial charge on any atom is -0.312 e. The van der Waals surface area contributed by atoms with Crippen LogP contribution in [0, 0.1) is 0 Å². The van der Waals surface area contributed by atoms with Crippen LogP contribution in [-0.2, 0) is 19.5 Å². The first-order chi connectivity index (χ1) is 8.20. The zero-order chi connectivity index (χ0) is 12.3. The highest BCUT2D eigenvalue weighted by molar-refractivity contribution is 5.33. The number of nitrogens with one attached hydrogen (secondary N) is 1. The van der Waals surface area contributed by atoms with Crippen LogP contribution in [-0.4, -0.2) is 24.5 Å². The highest BCUT2D eigenvalue weighted by Crippen LogP contribution is 2.17. The molecule has 0 radical (unpaired) electrons. The second-order valence-electron chi connectivity index (χ2n) is 5.20. The van der Waals surface area contributed by atoms with Crippen LogP contribution in [0.3, 0.4) is 0 Å². The topological polar surface area (TPSA) is 15.3 Å². The van der Waals surface area contributed by atoms with E-state index in [-0.39, 0.29) is 0 Å². The molecule has 0 saturated heterocycles. The first-order valence-corrected chi connectivity index (χ1v) is 6.72. The largest absolute Gasteiger partial charge is 0.312 e. The molecule has 1 aromatic rings. The molecular formula is C15H24N2. The summed E-state index contributed by atoms with van der Waals surface area (Å²) in [6, 6.07) is 7.64. The van der Waals surface area contributed by atoms with Gasteiger partial charge in [0.15, 0.2) is 0 Å². The van der Waals surface area contributed by atoms with Crippen molar-refractivity contribution in [2.75, 3.05) is 13.6 Å². The highest BCUT2D eigenvalue weighted by Gasteiger charge is 2.11. The summed E-state index contributed by atoms with van der Waals surface area (Å²) < 4.78 is 0. The van der Waals surface area contributed by atoms with Gasteiger partial charge >= 0.3 is 0 Å². The lowest BCUT2D eigenvalue weighted by Gasteiger charge is -2.24. The molecule has 0 fully saturated rings. The molecule has 1 aromatic carbocycles. The zero-order valence-corrected chi connectivity index (χ0v) is 11.3. The van der Waals surface area contributed by atoms with E-state index in [0.29, 0.717) is 6.04 Å². The summed E-state index contributed by atoms with van der Waals surface area (Å²) in [6.07, 6.45) is 2.39. The molecule has 1 atom stereocenters. The van der Waals surface area contributed by atoms with Gasteiger partial charge in [0.1, 0.15) is 0 Å². The van der Waals surface area contributed by atoms with E-state index in [4.69, 9.17) is 0 Å². The second kappa shape index (κ2) is 5.65.